The first kappa shape index (κ1) is 30.9. The lowest BCUT2D eigenvalue weighted by atomic mass is 9.93. The number of thioether (sulfide) groups is 1. The number of hydrogen-bond acceptors (Lipinski definition) is 7. The number of benzene rings is 2. The smallest absolute Gasteiger partial charge is 0.416 e. The number of allylic oxidation sites excluding steroid dienone is 1. The standard InChI is InChI=1S/C29H29ClF3N5O4S/c1-28(2,3)42-27(41)35-19-11-20(14-39)38(13-19)26-36-25(40)24(43-26)21(15-5-7-23-17(8-15)12-34-37-23)9-16-4-6-18(30)10-22(16)29(31,32)33/h4-8,10,12,19-20,39H,9,11,13-14H2,1-3H3,(H,34,37)(H,35,41)/t19-,20-/m1/s1. The Morgan fingerprint density at radius 3 is 2.70 bits per heavy atom. The Balaban J connectivity index is 1.49. The summed E-state index contributed by atoms with van der Waals surface area (Å²) in [5, 5.41) is 20.7. The van der Waals surface area contributed by atoms with Crippen molar-refractivity contribution in [2.75, 3.05) is 13.2 Å². The molecule has 0 saturated carbocycles. The number of carbonyl (C=O) groups is 2. The molecule has 3 heterocycles. The molecule has 228 valence electrons. The molecule has 1 aromatic heterocycles. The Labute approximate surface area is 254 Å². The van der Waals surface area contributed by atoms with Gasteiger partial charge in [0.15, 0.2) is 5.17 Å². The number of aromatic nitrogens is 2. The number of aromatic amines is 1. The number of aliphatic hydroxyl groups excluding tert-OH is 1. The fourth-order valence-corrected chi connectivity index (χ4v) is 6.38. The molecule has 3 aromatic rings. The van der Waals surface area contributed by atoms with Crippen molar-refractivity contribution in [2.24, 2.45) is 4.99 Å². The van der Waals surface area contributed by atoms with Gasteiger partial charge in [0, 0.05) is 17.0 Å². The highest BCUT2D eigenvalue weighted by Crippen LogP contribution is 2.41. The molecule has 0 unspecified atom stereocenters. The maximum atomic E-state index is 14.0. The maximum absolute atomic E-state index is 14.0. The molecule has 0 spiro atoms. The summed E-state index contributed by atoms with van der Waals surface area (Å²) in [7, 11) is 0. The SMILES string of the molecule is CC(C)(C)OC(=O)N[C@@H]1C[C@H](CO)N(C2=NC(=O)C(=C(Cc3ccc(Cl)cc3C(F)(F)F)c3ccc4[nH]ncc4c3)S2)C1. The van der Waals surface area contributed by atoms with Crippen molar-refractivity contribution < 1.29 is 32.6 Å². The first-order valence-electron chi connectivity index (χ1n) is 13.4. The van der Waals surface area contributed by atoms with Gasteiger partial charge in [-0.25, -0.2) is 4.79 Å². The Morgan fingerprint density at radius 2 is 2.00 bits per heavy atom. The minimum Gasteiger partial charge on any atom is -0.444 e. The van der Waals surface area contributed by atoms with E-state index in [2.05, 4.69) is 20.5 Å². The molecule has 5 rings (SSSR count). The molecule has 2 aromatic carbocycles. The molecule has 9 nitrogen and oxygen atoms in total. The van der Waals surface area contributed by atoms with Crippen molar-refractivity contribution in [2.45, 2.75) is 57.5 Å². The number of nitrogens with zero attached hydrogens (tertiary/aromatic N) is 3. The number of amidine groups is 1. The number of amides is 2. The van der Waals surface area contributed by atoms with E-state index >= 15 is 0 Å². The van der Waals surface area contributed by atoms with Crippen LogP contribution < -0.4 is 5.32 Å². The third-order valence-electron chi connectivity index (χ3n) is 6.98. The first-order valence-corrected chi connectivity index (χ1v) is 14.6. The van der Waals surface area contributed by atoms with Gasteiger partial charge in [-0.05, 0) is 86.3 Å². The average Bonchev–Trinajstić information content (AvgIpc) is 3.64. The van der Waals surface area contributed by atoms with Gasteiger partial charge in [-0.15, -0.1) is 0 Å². The lowest BCUT2D eigenvalue weighted by Gasteiger charge is -2.24. The molecule has 0 bridgehead atoms. The number of rotatable bonds is 5. The zero-order valence-corrected chi connectivity index (χ0v) is 25.0. The zero-order valence-electron chi connectivity index (χ0n) is 23.5. The van der Waals surface area contributed by atoms with Gasteiger partial charge in [-0.3, -0.25) is 9.89 Å². The molecule has 2 amide bonds. The average molecular weight is 636 g/mol. The van der Waals surface area contributed by atoms with Crippen LogP contribution in [0.4, 0.5) is 18.0 Å². The third-order valence-corrected chi connectivity index (χ3v) is 8.35. The normalized spacial score (nSPS) is 20.5. The number of aliphatic imine (C=N–C) groups is 1. The Hall–Kier alpha value is -3.55. The van der Waals surface area contributed by atoms with Gasteiger partial charge in [0.05, 0.1) is 40.9 Å². The minimum atomic E-state index is -4.67. The van der Waals surface area contributed by atoms with Gasteiger partial charge in [-0.1, -0.05) is 23.7 Å². The van der Waals surface area contributed by atoms with E-state index in [4.69, 9.17) is 16.3 Å². The number of nitrogens with one attached hydrogen (secondary N) is 2. The predicted molar refractivity (Wildman–Crippen MR) is 159 cm³/mol. The fourth-order valence-electron chi connectivity index (χ4n) is 5.11. The molecule has 2 aliphatic rings. The van der Waals surface area contributed by atoms with E-state index in [0.717, 1.165) is 28.7 Å². The highest BCUT2D eigenvalue weighted by atomic mass is 35.5. The topological polar surface area (TPSA) is 120 Å². The summed E-state index contributed by atoms with van der Waals surface area (Å²) in [6, 6.07) is 7.94. The van der Waals surface area contributed by atoms with Crippen LogP contribution in [-0.4, -0.2) is 68.2 Å². The quantitative estimate of drug-likeness (QED) is 0.304. The molecule has 3 N–H and O–H groups in total. The second-order valence-electron chi connectivity index (χ2n) is 11.3. The van der Waals surface area contributed by atoms with Gasteiger partial charge in [0.25, 0.3) is 5.91 Å². The van der Waals surface area contributed by atoms with Crippen molar-refractivity contribution in [1.29, 1.82) is 0 Å². The van der Waals surface area contributed by atoms with Crippen LogP contribution in [0, 0.1) is 0 Å². The van der Waals surface area contributed by atoms with Crippen molar-refractivity contribution >= 4 is 57.0 Å². The first-order chi connectivity index (χ1) is 20.2. The minimum absolute atomic E-state index is 0.0513. The number of likely N-dealkylation sites (tertiary alicyclic amines) is 1. The summed E-state index contributed by atoms with van der Waals surface area (Å²) in [6.45, 7) is 5.23. The second-order valence-corrected chi connectivity index (χ2v) is 12.7. The number of alkyl carbamates (subject to hydrolysis) is 1. The number of hydrogen-bond donors (Lipinski definition) is 3. The molecule has 1 fully saturated rings. The van der Waals surface area contributed by atoms with Crippen LogP contribution in [0.15, 0.2) is 52.5 Å². The van der Waals surface area contributed by atoms with Gasteiger partial charge in [0.1, 0.15) is 5.60 Å². The van der Waals surface area contributed by atoms with Crippen LogP contribution in [0.2, 0.25) is 5.02 Å². The second kappa shape index (κ2) is 11.9. The van der Waals surface area contributed by atoms with E-state index in [0.29, 0.717) is 22.7 Å². The largest absolute Gasteiger partial charge is 0.444 e. The third kappa shape index (κ3) is 7.00. The number of H-pyrrole nitrogens is 1. The zero-order chi connectivity index (χ0) is 31.1. The molecule has 1 saturated heterocycles. The van der Waals surface area contributed by atoms with Crippen molar-refractivity contribution in [3.05, 3.63) is 69.2 Å². The van der Waals surface area contributed by atoms with Crippen molar-refractivity contribution in [3.63, 3.8) is 0 Å². The highest BCUT2D eigenvalue weighted by Gasteiger charge is 2.40. The van der Waals surface area contributed by atoms with Crippen LogP contribution in [0.5, 0.6) is 0 Å². The molecular weight excluding hydrogens is 607 g/mol. The van der Waals surface area contributed by atoms with E-state index in [9.17, 15) is 27.9 Å². The molecule has 43 heavy (non-hydrogen) atoms. The number of carbonyl (C=O) groups excluding carboxylic acids is 2. The van der Waals surface area contributed by atoms with E-state index in [1.165, 1.54) is 12.1 Å². The summed E-state index contributed by atoms with van der Waals surface area (Å²) < 4.78 is 47.4. The van der Waals surface area contributed by atoms with Crippen LogP contribution in [0.25, 0.3) is 16.5 Å². The van der Waals surface area contributed by atoms with E-state index in [-0.39, 0.29) is 41.1 Å². The van der Waals surface area contributed by atoms with Gasteiger partial charge >= 0.3 is 12.3 Å². The number of aliphatic hydroxyl groups is 1. The van der Waals surface area contributed by atoms with Gasteiger partial charge in [-0.2, -0.15) is 23.3 Å². The fraction of sp³-hybridized carbons (Fsp3) is 0.379. The summed E-state index contributed by atoms with van der Waals surface area (Å²) in [5.41, 5.74) is -0.0204. The van der Waals surface area contributed by atoms with Crippen LogP contribution >= 0.6 is 23.4 Å². The lowest BCUT2D eigenvalue weighted by molar-refractivity contribution is -0.138. The Bertz CT molecular complexity index is 1630. The molecule has 2 atom stereocenters. The number of halogens is 4. The summed E-state index contributed by atoms with van der Waals surface area (Å²) in [5.74, 6) is -0.606. The maximum Gasteiger partial charge on any atom is 0.416 e. The van der Waals surface area contributed by atoms with Crippen molar-refractivity contribution in [3.8, 4) is 0 Å². The van der Waals surface area contributed by atoms with Crippen LogP contribution in [0.1, 0.15) is 43.9 Å². The summed E-state index contributed by atoms with van der Waals surface area (Å²) >= 11 is 6.95. The number of fused-ring (bicyclic) bond motifs is 1. The van der Waals surface area contributed by atoms with Crippen LogP contribution in [-0.2, 0) is 22.1 Å². The highest BCUT2D eigenvalue weighted by molar-refractivity contribution is 8.18. The number of ether oxygens (including phenoxy) is 1. The lowest BCUT2D eigenvalue weighted by Crippen LogP contribution is -2.41. The monoisotopic (exact) mass is 635 g/mol. The van der Waals surface area contributed by atoms with E-state index in [1.54, 1.807) is 50.1 Å². The van der Waals surface area contributed by atoms with Crippen LogP contribution in [0.3, 0.4) is 0 Å². The predicted octanol–water partition coefficient (Wildman–Crippen LogP) is 5.78. The molecule has 2 aliphatic heterocycles. The summed E-state index contributed by atoms with van der Waals surface area (Å²) in [6.07, 6.45) is -3.53. The van der Waals surface area contributed by atoms with Gasteiger partial charge < -0.3 is 20.1 Å². The molecule has 14 heteroatoms. The molecular formula is C29H29ClF3N5O4S. The molecule has 0 radical (unpaired) electrons. The summed E-state index contributed by atoms with van der Waals surface area (Å²) in [4.78, 5) is 31.9. The Morgan fingerprint density at radius 1 is 1.23 bits per heavy atom. The Kier molecular flexibility index (Phi) is 8.52. The van der Waals surface area contributed by atoms with Crippen molar-refractivity contribution in [1.82, 2.24) is 20.4 Å². The molecule has 0 aliphatic carbocycles. The van der Waals surface area contributed by atoms with E-state index < -0.39 is 35.4 Å². The number of alkyl halides is 3. The van der Waals surface area contributed by atoms with E-state index in [1.807, 2.05) is 0 Å². The van der Waals surface area contributed by atoms with Gasteiger partial charge in [0.2, 0.25) is 0 Å².